The monoisotopic (exact) mass is 428 g/mol. The first-order valence-corrected chi connectivity index (χ1v) is 11.1. The number of benzene rings is 2. The Bertz CT molecular complexity index is 880. The number of ether oxygens (including phenoxy) is 4. The summed E-state index contributed by atoms with van der Waals surface area (Å²) in [6.45, 7) is 10.8. The molecule has 0 bridgehead atoms. The highest BCUT2D eigenvalue weighted by Crippen LogP contribution is 2.41. The van der Waals surface area contributed by atoms with Crippen molar-refractivity contribution in [2.75, 3.05) is 54.1 Å². The van der Waals surface area contributed by atoms with E-state index in [-0.39, 0.29) is 6.04 Å². The number of nitrogens with one attached hydrogen (secondary N) is 1. The second kappa shape index (κ2) is 10.7. The number of nitrogens with zero attached hydrogens (tertiary/aromatic N) is 1. The minimum Gasteiger partial charge on any atom is -0.496 e. The van der Waals surface area contributed by atoms with Crippen LogP contribution in [0.15, 0.2) is 24.3 Å². The molecule has 31 heavy (non-hydrogen) atoms. The molecule has 6 heteroatoms. The van der Waals surface area contributed by atoms with Gasteiger partial charge in [0.05, 0.1) is 27.4 Å². The second-order valence-corrected chi connectivity index (χ2v) is 7.78. The van der Waals surface area contributed by atoms with E-state index >= 15 is 0 Å². The Morgan fingerprint density at radius 1 is 0.871 bits per heavy atom. The zero-order chi connectivity index (χ0) is 22.4. The van der Waals surface area contributed by atoms with Crippen LogP contribution in [0.1, 0.15) is 42.1 Å². The van der Waals surface area contributed by atoms with Crippen molar-refractivity contribution in [3.8, 4) is 23.0 Å². The van der Waals surface area contributed by atoms with Gasteiger partial charge in [-0.05, 0) is 67.4 Å². The molecule has 2 aromatic rings. The van der Waals surface area contributed by atoms with Crippen LogP contribution in [-0.2, 0) is 6.42 Å². The summed E-state index contributed by atoms with van der Waals surface area (Å²) >= 11 is 0. The molecule has 0 saturated carbocycles. The van der Waals surface area contributed by atoms with E-state index in [0.29, 0.717) is 6.61 Å². The number of methoxy groups -OCH3 is 3. The fourth-order valence-electron chi connectivity index (χ4n) is 4.24. The molecule has 0 spiro atoms. The summed E-state index contributed by atoms with van der Waals surface area (Å²) in [5.74, 6) is 3.27. The van der Waals surface area contributed by atoms with Crippen molar-refractivity contribution in [2.24, 2.45) is 0 Å². The van der Waals surface area contributed by atoms with Crippen molar-refractivity contribution < 1.29 is 18.9 Å². The molecule has 1 aliphatic heterocycles. The molecule has 0 radical (unpaired) electrons. The summed E-state index contributed by atoms with van der Waals surface area (Å²) in [6.07, 6.45) is 0.938. The zero-order valence-electron chi connectivity index (χ0n) is 19.7. The summed E-state index contributed by atoms with van der Waals surface area (Å²) in [7, 11) is 5.11. The number of fused-ring (bicyclic) bond motifs is 1. The van der Waals surface area contributed by atoms with Crippen molar-refractivity contribution in [1.29, 1.82) is 0 Å². The van der Waals surface area contributed by atoms with Crippen LogP contribution in [0.2, 0.25) is 0 Å². The highest BCUT2D eigenvalue weighted by Gasteiger charge is 2.27. The third-order valence-corrected chi connectivity index (χ3v) is 6.10. The lowest BCUT2D eigenvalue weighted by Crippen LogP contribution is -2.31. The van der Waals surface area contributed by atoms with E-state index in [1.54, 1.807) is 21.3 Å². The lowest BCUT2D eigenvalue weighted by molar-refractivity contribution is 0.217. The van der Waals surface area contributed by atoms with Gasteiger partial charge >= 0.3 is 0 Å². The van der Waals surface area contributed by atoms with Gasteiger partial charge in [-0.2, -0.15) is 0 Å². The molecule has 1 unspecified atom stereocenters. The van der Waals surface area contributed by atoms with Crippen molar-refractivity contribution in [3.05, 3.63) is 46.5 Å². The molecular formula is C25H36N2O4. The average Bonchev–Trinajstić information content (AvgIpc) is 2.80. The second-order valence-electron chi connectivity index (χ2n) is 7.78. The van der Waals surface area contributed by atoms with Gasteiger partial charge in [-0.25, -0.2) is 0 Å². The average molecular weight is 429 g/mol. The van der Waals surface area contributed by atoms with Gasteiger partial charge in [-0.3, -0.25) is 0 Å². The van der Waals surface area contributed by atoms with Crippen LogP contribution in [0.5, 0.6) is 23.0 Å². The first-order chi connectivity index (χ1) is 15.1. The maximum Gasteiger partial charge on any atom is 0.161 e. The number of hydrogen-bond donors (Lipinski definition) is 1. The molecular weight excluding hydrogens is 392 g/mol. The highest BCUT2D eigenvalue weighted by molar-refractivity contribution is 5.55. The summed E-state index contributed by atoms with van der Waals surface area (Å²) in [5.41, 5.74) is 4.56. The first-order valence-electron chi connectivity index (χ1n) is 11.1. The molecule has 3 rings (SSSR count). The van der Waals surface area contributed by atoms with Crippen molar-refractivity contribution in [1.82, 2.24) is 10.2 Å². The van der Waals surface area contributed by atoms with Crippen LogP contribution in [0, 0.1) is 6.92 Å². The maximum atomic E-state index is 6.18. The lowest BCUT2D eigenvalue weighted by Gasteiger charge is -2.30. The van der Waals surface area contributed by atoms with Gasteiger partial charge in [0.2, 0.25) is 0 Å². The third-order valence-electron chi connectivity index (χ3n) is 6.10. The van der Waals surface area contributed by atoms with Gasteiger partial charge in [0, 0.05) is 18.7 Å². The number of hydrogen-bond acceptors (Lipinski definition) is 6. The van der Waals surface area contributed by atoms with Crippen LogP contribution in [0.4, 0.5) is 0 Å². The molecule has 0 amide bonds. The molecule has 0 aliphatic carbocycles. The number of likely N-dealkylation sites (N-methyl/N-ethyl adjacent to an activating group) is 1. The van der Waals surface area contributed by atoms with E-state index in [4.69, 9.17) is 18.9 Å². The Morgan fingerprint density at radius 2 is 1.55 bits per heavy atom. The van der Waals surface area contributed by atoms with Crippen molar-refractivity contribution in [2.45, 2.75) is 33.2 Å². The molecule has 2 aromatic carbocycles. The minimum atomic E-state index is -0.00996. The van der Waals surface area contributed by atoms with Crippen LogP contribution in [0.25, 0.3) is 0 Å². The normalized spacial score (nSPS) is 15.5. The Hall–Kier alpha value is -2.44. The van der Waals surface area contributed by atoms with E-state index in [2.05, 4.69) is 42.3 Å². The van der Waals surface area contributed by atoms with Crippen molar-refractivity contribution in [3.63, 3.8) is 0 Å². The zero-order valence-corrected chi connectivity index (χ0v) is 19.7. The maximum absolute atomic E-state index is 6.18. The molecule has 0 fully saturated rings. The Morgan fingerprint density at radius 3 is 2.19 bits per heavy atom. The minimum absolute atomic E-state index is 0.00996. The predicted molar refractivity (Wildman–Crippen MR) is 124 cm³/mol. The fraction of sp³-hybridized carbons (Fsp3) is 0.520. The molecule has 1 heterocycles. The number of aryl methyl sites for hydroxylation is 1. The van der Waals surface area contributed by atoms with Gasteiger partial charge in [0.15, 0.2) is 11.5 Å². The molecule has 0 aromatic heterocycles. The summed E-state index contributed by atoms with van der Waals surface area (Å²) in [6, 6.07) is 8.35. The summed E-state index contributed by atoms with van der Waals surface area (Å²) < 4.78 is 23.2. The van der Waals surface area contributed by atoms with E-state index in [1.165, 1.54) is 11.1 Å². The van der Waals surface area contributed by atoms with Crippen LogP contribution in [-0.4, -0.2) is 59.0 Å². The standard InChI is InChI=1S/C25H36N2O4/c1-7-27(8-2)11-12-31-24-15-19-18(14-23(24)30-6)9-10-26-25(19)20-16-21(28-4)17(3)13-22(20)29-5/h13-16,25-26H,7-12H2,1-6H3. The Labute approximate surface area is 186 Å². The SMILES string of the molecule is CCN(CC)CCOc1cc2c(cc1OC)CCNC2c1cc(OC)c(C)cc1OC. The molecule has 1 atom stereocenters. The van der Waals surface area contributed by atoms with Crippen LogP contribution >= 0.6 is 0 Å². The van der Waals surface area contributed by atoms with Crippen molar-refractivity contribution >= 4 is 0 Å². The van der Waals surface area contributed by atoms with Crippen LogP contribution < -0.4 is 24.3 Å². The Kier molecular flexibility index (Phi) is 8.04. The third kappa shape index (κ3) is 5.08. The molecule has 1 N–H and O–H groups in total. The van der Waals surface area contributed by atoms with Gasteiger partial charge in [0.25, 0.3) is 0 Å². The quantitative estimate of drug-likeness (QED) is 0.618. The van der Waals surface area contributed by atoms with E-state index in [0.717, 1.165) is 66.7 Å². The van der Waals surface area contributed by atoms with E-state index in [9.17, 15) is 0 Å². The summed E-state index contributed by atoms with van der Waals surface area (Å²) in [4.78, 5) is 2.35. The summed E-state index contributed by atoms with van der Waals surface area (Å²) in [5, 5.41) is 3.65. The largest absolute Gasteiger partial charge is 0.496 e. The Balaban J connectivity index is 1.97. The van der Waals surface area contributed by atoms with Crippen LogP contribution in [0.3, 0.4) is 0 Å². The van der Waals surface area contributed by atoms with Gasteiger partial charge < -0.3 is 29.2 Å². The predicted octanol–water partition coefficient (Wildman–Crippen LogP) is 3.98. The topological polar surface area (TPSA) is 52.2 Å². The molecule has 0 saturated heterocycles. The fourth-order valence-corrected chi connectivity index (χ4v) is 4.24. The molecule has 170 valence electrons. The molecule has 6 nitrogen and oxygen atoms in total. The first kappa shape index (κ1) is 23.2. The number of rotatable bonds is 10. The van der Waals surface area contributed by atoms with Gasteiger partial charge in [0.1, 0.15) is 18.1 Å². The lowest BCUT2D eigenvalue weighted by atomic mass is 9.88. The van der Waals surface area contributed by atoms with E-state index < -0.39 is 0 Å². The molecule has 1 aliphatic rings. The van der Waals surface area contributed by atoms with Gasteiger partial charge in [-0.15, -0.1) is 0 Å². The van der Waals surface area contributed by atoms with E-state index in [1.807, 2.05) is 13.0 Å². The smallest absolute Gasteiger partial charge is 0.161 e. The highest BCUT2D eigenvalue weighted by atomic mass is 16.5. The van der Waals surface area contributed by atoms with Gasteiger partial charge in [-0.1, -0.05) is 13.8 Å².